The van der Waals surface area contributed by atoms with E-state index >= 15 is 0 Å². The molecule has 2 fully saturated rings. The number of rotatable bonds is 6. The number of amides is 3. The van der Waals surface area contributed by atoms with E-state index in [1.165, 1.54) is 47.0 Å². The summed E-state index contributed by atoms with van der Waals surface area (Å²) >= 11 is 1.27. The fourth-order valence-electron chi connectivity index (χ4n) is 6.20. The van der Waals surface area contributed by atoms with E-state index in [2.05, 4.69) is 25.1 Å². The zero-order chi connectivity index (χ0) is 32.6. The molecule has 1 aromatic heterocycles. The smallest absolute Gasteiger partial charge is 0.406 e. The van der Waals surface area contributed by atoms with Gasteiger partial charge in [-0.25, -0.2) is 14.5 Å². The molecular weight excluding hydrogens is 617 g/mol. The van der Waals surface area contributed by atoms with Crippen LogP contribution in [0.25, 0.3) is 17.1 Å². The lowest BCUT2D eigenvalue weighted by Crippen LogP contribution is -2.37. The number of urea groups is 1. The van der Waals surface area contributed by atoms with Gasteiger partial charge in [0.15, 0.2) is 11.0 Å². The minimum atomic E-state index is -4.76. The second-order valence-electron chi connectivity index (χ2n) is 11.4. The fraction of sp³-hybridized carbons (Fsp3) is 0.303. The van der Waals surface area contributed by atoms with Crippen LogP contribution in [0.15, 0.2) is 72.0 Å². The Morgan fingerprint density at radius 3 is 2.39 bits per heavy atom. The van der Waals surface area contributed by atoms with Crippen LogP contribution in [0, 0.1) is 20.8 Å². The Labute approximate surface area is 267 Å². The minimum Gasteiger partial charge on any atom is -0.406 e. The van der Waals surface area contributed by atoms with Crippen molar-refractivity contribution in [3.8, 4) is 22.8 Å². The van der Waals surface area contributed by atoms with Gasteiger partial charge in [0.05, 0.1) is 17.1 Å². The number of aryl methyl sites for hydroxylation is 3. The zero-order valence-electron chi connectivity index (χ0n) is 25.3. The highest BCUT2D eigenvalue weighted by molar-refractivity contribution is 8.15. The number of alkyl halides is 3. The van der Waals surface area contributed by atoms with Crippen molar-refractivity contribution in [2.75, 3.05) is 10.7 Å². The summed E-state index contributed by atoms with van der Waals surface area (Å²) in [5, 5.41) is 7.94. The Hall–Kier alpha value is -4.65. The maximum absolute atomic E-state index is 13.2. The number of ether oxygens (including phenoxy) is 1. The van der Waals surface area contributed by atoms with Gasteiger partial charge < -0.3 is 10.1 Å². The van der Waals surface area contributed by atoms with Crippen LogP contribution in [0.2, 0.25) is 0 Å². The number of anilines is 1. The molecule has 1 aliphatic carbocycles. The summed E-state index contributed by atoms with van der Waals surface area (Å²) < 4.78 is 42.8. The summed E-state index contributed by atoms with van der Waals surface area (Å²) in [5.74, 6) is 0.368. The number of aromatic nitrogens is 3. The fourth-order valence-corrected chi connectivity index (χ4v) is 7.05. The molecule has 2 atom stereocenters. The first-order valence-electron chi connectivity index (χ1n) is 14.8. The third-order valence-corrected chi connectivity index (χ3v) is 8.99. The maximum atomic E-state index is 13.2. The molecule has 2 heterocycles. The molecule has 2 unspecified atom stereocenters. The van der Waals surface area contributed by atoms with Crippen molar-refractivity contribution in [1.82, 2.24) is 20.1 Å². The van der Waals surface area contributed by atoms with E-state index in [-0.39, 0.29) is 29.4 Å². The van der Waals surface area contributed by atoms with E-state index < -0.39 is 12.4 Å². The number of nitrogens with zero attached hydrogens (tertiary/aromatic N) is 5. The van der Waals surface area contributed by atoms with Crippen molar-refractivity contribution in [3.05, 3.63) is 89.2 Å². The van der Waals surface area contributed by atoms with Crippen LogP contribution < -0.4 is 15.0 Å². The molecule has 46 heavy (non-hydrogen) atoms. The van der Waals surface area contributed by atoms with Crippen LogP contribution in [0.1, 0.15) is 47.4 Å². The van der Waals surface area contributed by atoms with E-state index in [0.29, 0.717) is 16.7 Å². The Bertz CT molecular complexity index is 1780. The van der Waals surface area contributed by atoms with Gasteiger partial charge in [-0.1, -0.05) is 60.1 Å². The molecule has 0 radical (unpaired) electrons. The number of carbonyl (C=O) groups excluding carboxylic acids is 2. The van der Waals surface area contributed by atoms with Gasteiger partial charge in [-0.15, -0.1) is 18.3 Å². The van der Waals surface area contributed by atoms with E-state index in [4.69, 9.17) is 0 Å². The van der Waals surface area contributed by atoms with E-state index in [1.807, 2.05) is 57.2 Å². The molecule has 1 saturated carbocycles. The second-order valence-corrected chi connectivity index (χ2v) is 12.4. The Morgan fingerprint density at radius 1 is 1.02 bits per heavy atom. The second kappa shape index (κ2) is 12.6. The summed E-state index contributed by atoms with van der Waals surface area (Å²) in [7, 11) is 0. The summed E-state index contributed by atoms with van der Waals surface area (Å²) in [5.41, 5.74) is 6.16. The standard InChI is InChI=1S/C33H31F3N6O3S/c1-19-15-20(2)29(21(3)16-19)42-28(43)17-46-32(42)39-31(44)38-27-6-4-5-26(27)22-7-9-23(10-8-22)30-37-18-41(40-30)24-11-13-25(14-12-24)45-33(34,35)36/h7-16,18,26-27H,4-6,17H2,1-3H3,(H,38,44)/b39-32-. The van der Waals surface area contributed by atoms with Gasteiger partial charge >= 0.3 is 12.4 Å². The van der Waals surface area contributed by atoms with Gasteiger partial charge in [0.1, 0.15) is 12.1 Å². The lowest BCUT2D eigenvalue weighted by molar-refractivity contribution is -0.274. The molecule has 2 aliphatic rings. The van der Waals surface area contributed by atoms with Gasteiger partial charge in [0.25, 0.3) is 0 Å². The molecule has 238 valence electrons. The van der Waals surface area contributed by atoms with E-state index in [9.17, 15) is 22.8 Å². The summed E-state index contributed by atoms with van der Waals surface area (Å²) in [4.78, 5) is 36.3. The quantitative estimate of drug-likeness (QED) is 0.237. The van der Waals surface area contributed by atoms with Crippen molar-refractivity contribution in [2.24, 2.45) is 4.99 Å². The summed E-state index contributed by atoms with van der Waals surface area (Å²) in [6, 6.07) is 16.7. The molecule has 3 aromatic carbocycles. The average molecular weight is 649 g/mol. The highest BCUT2D eigenvalue weighted by Gasteiger charge is 2.34. The first kappa shape index (κ1) is 31.3. The van der Waals surface area contributed by atoms with Crippen molar-refractivity contribution in [3.63, 3.8) is 0 Å². The Balaban J connectivity index is 1.12. The SMILES string of the molecule is Cc1cc(C)c(N2C(=O)CS/C2=N\C(=O)NC2CCCC2c2ccc(-c3ncn(-c4ccc(OC(F)(F)F)cc4)n3)cc2)c(C)c1. The first-order chi connectivity index (χ1) is 21.9. The van der Waals surface area contributed by atoms with Crippen molar-refractivity contribution in [1.29, 1.82) is 0 Å². The van der Waals surface area contributed by atoms with Gasteiger partial charge in [0.2, 0.25) is 5.91 Å². The molecular formula is C33H31F3N6O3S. The average Bonchev–Trinajstić information content (AvgIpc) is 3.74. The number of benzene rings is 3. The number of amidine groups is 1. The topological polar surface area (TPSA) is 102 Å². The third-order valence-electron chi connectivity index (χ3n) is 8.07. The minimum absolute atomic E-state index is 0.0942. The number of thioether (sulfide) groups is 1. The number of hydrogen-bond acceptors (Lipinski definition) is 6. The summed E-state index contributed by atoms with van der Waals surface area (Å²) in [6.07, 6.45) is -0.596. The van der Waals surface area contributed by atoms with Gasteiger partial charge in [-0.3, -0.25) is 9.69 Å². The first-order valence-corrected chi connectivity index (χ1v) is 15.7. The maximum Gasteiger partial charge on any atom is 0.573 e. The van der Waals surface area contributed by atoms with Crippen LogP contribution in [0.3, 0.4) is 0 Å². The van der Waals surface area contributed by atoms with E-state index in [1.54, 1.807) is 4.90 Å². The molecule has 9 nitrogen and oxygen atoms in total. The molecule has 0 bridgehead atoms. The third kappa shape index (κ3) is 6.79. The molecule has 0 spiro atoms. The molecule has 4 aromatic rings. The van der Waals surface area contributed by atoms with Crippen LogP contribution in [-0.4, -0.2) is 50.0 Å². The molecule has 3 amide bonds. The van der Waals surface area contributed by atoms with Gasteiger partial charge in [-0.05, 0) is 74.6 Å². The van der Waals surface area contributed by atoms with Crippen LogP contribution >= 0.6 is 11.8 Å². The largest absolute Gasteiger partial charge is 0.573 e. The summed E-state index contributed by atoms with van der Waals surface area (Å²) in [6.45, 7) is 5.92. The predicted octanol–water partition coefficient (Wildman–Crippen LogP) is 7.24. The highest BCUT2D eigenvalue weighted by Crippen LogP contribution is 2.36. The van der Waals surface area contributed by atoms with Crippen LogP contribution in [-0.2, 0) is 4.79 Å². The van der Waals surface area contributed by atoms with Crippen molar-refractivity contribution >= 4 is 34.6 Å². The number of aliphatic imine (C=N–C) groups is 1. The van der Waals surface area contributed by atoms with Crippen LogP contribution in [0.5, 0.6) is 5.75 Å². The van der Waals surface area contributed by atoms with Crippen molar-refractivity contribution < 1.29 is 27.5 Å². The number of carbonyl (C=O) groups is 2. The lowest BCUT2D eigenvalue weighted by atomic mass is 9.93. The number of nitrogens with one attached hydrogen (secondary N) is 1. The number of halogens is 3. The lowest BCUT2D eigenvalue weighted by Gasteiger charge is -2.23. The monoisotopic (exact) mass is 648 g/mol. The van der Waals surface area contributed by atoms with Gasteiger partial charge in [0, 0.05) is 17.5 Å². The van der Waals surface area contributed by atoms with E-state index in [0.717, 1.165) is 52.8 Å². The Morgan fingerprint density at radius 2 is 1.72 bits per heavy atom. The van der Waals surface area contributed by atoms with Crippen molar-refractivity contribution in [2.45, 2.75) is 58.4 Å². The molecule has 1 saturated heterocycles. The zero-order valence-corrected chi connectivity index (χ0v) is 26.2. The molecule has 13 heteroatoms. The molecule has 6 rings (SSSR count). The predicted molar refractivity (Wildman–Crippen MR) is 170 cm³/mol. The van der Waals surface area contributed by atoms with Gasteiger partial charge in [-0.2, -0.15) is 4.99 Å². The molecule has 1 N–H and O–H groups in total. The highest BCUT2D eigenvalue weighted by atomic mass is 32.2. The Kier molecular flexibility index (Phi) is 8.60. The normalized spacial score (nSPS) is 19.2. The van der Waals surface area contributed by atoms with Crippen LogP contribution in [0.4, 0.5) is 23.7 Å². The number of hydrogen-bond donors (Lipinski definition) is 1. The molecule has 1 aliphatic heterocycles.